The van der Waals surface area contributed by atoms with Crippen LogP contribution in [0.25, 0.3) is 0 Å². The molecule has 4 heteroatoms. The Bertz CT molecular complexity index is 360. The molecule has 0 unspecified atom stereocenters. The summed E-state index contributed by atoms with van der Waals surface area (Å²) in [5.74, 6) is 1.16. The Morgan fingerprint density at radius 3 is 2.56 bits per heavy atom. The quantitative estimate of drug-likeness (QED) is 0.547. The predicted octanol–water partition coefficient (Wildman–Crippen LogP) is 1.92. The number of carbonyl (C=O) groups is 1. The molecule has 0 saturated heterocycles. The molecule has 1 aromatic rings. The molecule has 16 heavy (non-hydrogen) atoms. The standard InChI is InChI=1S/C12H16O4/c1-9(13)11-5-4-10(15-3)8-12(11)16-7-6-14-2/h4-5,8H,6-7H2,1-3H3. The van der Waals surface area contributed by atoms with Crippen LogP contribution in [-0.2, 0) is 4.74 Å². The van der Waals surface area contributed by atoms with Gasteiger partial charge < -0.3 is 14.2 Å². The van der Waals surface area contributed by atoms with Gasteiger partial charge in [-0.15, -0.1) is 0 Å². The van der Waals surface area contributed by atoms with Crippen LogP contribution < -0.4 is 9.47 Å². The number of methoxy groups -OCH3 is 2. The minimum Gasteiger partial charge on any atom is -0.497 e. The van der Waals surface area contributed by atoms with Crippen LogP contribution in [0.5, 0.6) is 11.5 Å². The van der Waals surface area contributed by atoms with Gasteiger partial charge in [0.1, 0.15) is 18.1 Å². The Hall–Kier alpha value is -1.55. The second-order valence-corrected chi connectivity index (χ2v) is 3.26. The normalized spacial score (nSPS) is 9.94. The molecule has 0 bridgehead atoms. The highest BCUT2D eigenvalue weighted by Crippen LogP contribution is 2.25. The van der Waals surface area contributed by atoms with E-state index in [4.69, 9.17) is 14.2 Å². The van der Waals surface area contributed by atoms with E-state index in [2.05, 4.69) is 0 Å². The monoisotopic (exact) mass is 224 g/mol. The minimum absolute atomic E-state index is 0.0323. The Morgan fingerprint density at radius 2 is 2.00 bits per heavy atom. The molecule has 0 amide bonds. The van der Waals surface area contributed by atoms with Crippen LogP contribution in [0, 0.1) is 0 Å². The molecule has 0 radical (unpaired) electrons. The Labute approximate surface area is 95.1 Å². The number of ketones is 1. The van der Waals surface area contributed by atoms with Gasteiger partial charge in [0, 0.05) is 13.2 Å². The summed E-state index contributed by atoms with van der Waals surface area (Å²) >= 11 is 0. The highest BCUT2D eigenvalue weighted by molar-refractivity contribution is 5.97. The van der Waals surface area contributed by atoms with E-state index >= 15 is 0 Å². The number of benzene rings is 1. The molecular weight excluding hydrogens is 208 g/mol. The van der Waals surface area contributed by atoms with E-state index in [1.54, 1.807) is 32.4 Å². The molecule has 4 nitrogen and oxygen atoms in total. The lowest BCUT2D eigenvalue weighted by atomic mass is 10.1. The summed E-state index contributed by atoms with van der Waals surface area (Å²) in [5, 5.41) is 0. The van der Waals surface area contributed by atoms with Crippen LogP contribution in [0.3, 0.4) is 0 Å². The SMILES string of the molecule is COCCOc1cc(OC)ccc1C(C)=O. The highest BCUT2D eigenvalue weighted by Gasteiger charge is 2.09. The van der Waals surface area contributed by atoms with Gasteiger partial charge in [-0.2, -0.15) is 0 Å². The topological polar surface area (TPSA) is 44.8 Å². The van der Waals surface area contributed by atoms with Crippen molar-refractivity contribution in [3.05, 3.63) is 23.8 Å². The van der Waals surface area contributed by atoms with E-state index in [-0.39, 0.29) is 5.78 Å². The van der Waals surface area contributed by atoms with Crippen LogP contribution in [0.15, 0.2) is 18.2 Å². The molecule has 1 rings (SSSR count). The second kappa shape index (κ2) is 6.12. The third-order valence-electron chi connectivity index (χ3n) is 2.11. The second-order valence-electron chi connectivity index (χ2n) is 3.26. The summed E-state index contributed by atoms with van der Waals surface area (Å²) < 4.78 is 15.4. The molecule has 0 heterocycles. The maximum Gasteiger partial charge on any atom is 0.163 e. The smallest absolute Gasteiger partial charge is 0.163 e. The van der Waals surface area contributed by atoms with E-state index < -0.39 is 0 Å². The molecule has 0 N–H and O–H groups in total. The number of carbonyl (C=O) groups excluding carboxylic acids is 1. The number of hydrogen-bond acceptors (Lipinski definition) is 4. The summed E-state index contributed by atoms with van der Waals surface area (Å²) in [6.07, 6.45) is 0. The van der Waals surface area contributed by atoms with Crippen molar-refractivity contribution in [1.29, 1.82) is 0 Å². The molecule has 88 valence electrons. The van der Waals surface area contributed by atoms with Gasteiger partial charge in [0.2, 0.25) is 0 Å². The molecule has 0 atom stereocenters. The lowest BCUT2D eigenvalue weighted by Crippen LogP contribution is -2.07. The first-order chi connectivity index (χ1) is 7.69. The molecule has 0 spiro atoms. The molecule has 0 saturated carbocycles. The first-order valence-electron chi connectivity index (χ1n) is 4.99. The third kappa shape index (κ3) is 3.24. The first kappa shape index (κ1) is 12.5. The largest absolute Gasteiger partial charge is 0.497 e. The van der Waals surface area contributed by atoms with Crippen LogP contribution in [0.4, 0.5) is 0 Å². The van der Waals surface area contributed by atoms with Gasteiger partial charge in [-0.05, 0) is 19.1 Å². The van der Waals surface area contributed by atoms with Gasteiger partial charge in [-0.25, -0.2) is 0 Å². The van der Waals surface area contributed by atoms with E-state index in [0.717, 1.165) is 0 Å². The van der Waals surface area contributed by atoms with Crippen molar-refractivity contribution in [3.63, 3.8) is 0 Å². The lowest BCUT2D eigenvalue weighted by molar-refractivity contribution is 0.100. The van der Waals surface area contributed by atoms with Crippen molar-refractivity contribution in [2.24, 2.45) is 0 Å². The van der Waals surface area contributed by atoms with Crippen molar-refractivity contribution in [2.45, 2.75) is 6.92 Å². The summed E-state index contributed by atoms with van der Waals surface area (Å²) in [5.41, 5.74) is 0.553. The van der Waals surface area contributed by atoms with Gasteiger partial charge in [0.25, 0.3) is 0 Å². The number of hydrogen-bond donors (Lipinski definition) is 0. The van der Waals surface area contributed by atoms with E-state index in [0.29, 0.717) is 30.3 Å². The summed E-state index contributed by atoms with van der Waals surface area (Å²) in [4.78, 5) is 11.3. The van der Waals surface area contributed by atoms with E-state index in [1.807, 2.05) is 0 Å². The van der Waals surface area contributed by atoms with Gasteiger partial charge in [-0.1, -0.05) is 0 Å². The minimum atomic E-state index is -0.0323. The number of ether oxygens (including phenoxy) is 3. The zero-order chi connectivity index (χ0) is 12.0. The Kier molecular flexibility index (Phi) is 4.79. The average Bonchev–Trinajstić information content (AvgIpc) is 2.29. The maximum atomic E-state index is 11.3. The van der Waals surface area contributed by atoms with Crippen LogP contribution >= 0.6 is 0 Å². The van der Waals surface area contributed by atoms with Crippen molar-refractivity contribution >= 4 is 5.78 Å². The number of rotatable bonds is 6. The molecule has 1 aromatic carbocycles. The summed E-state index contributed by atoms with van der Waals surface area (Å²) in [6, 6.07) is 5.13. The van der Waals surface area contributed by atoms with Gasteiger partial charge >= 0.3 is 0 Å². The zero-order valence-corrected chi connectivity index (χ0v) is 9.78. The van der Waals surface area contributed by atoms with Crippen molar-refractivity contribution in [2.75, 3.05) is 27.4 Å². The van der Waals surface area contributed by atoms with E-state index in [1.165, 1.54) is 6.92 Å². The molecule has 0 aromatic heterocycles. The van der Waals surface area contributed by atoms with Crippen LogP contribution in [-0.4, -0.2) is 33.2 Å². The Balaban J connectivity index is 2.87. The molecule has 0 aliphatic carbocycles. The molecule has 0 aliphatic rings. The fourth-order valence-electron chi connectivity index (χ4n) is 1.27. The van der Waals surface area contributed by atoms with Crippen LogP contribution in [0.1, 0.15) is 17.3 Å². The zero-order valence-electron chi connectivity index (χ0n) is 9.78. The fourth-order valence-corrected chi connectivity index (χ4v) is 1.27. The molecular formula is C12H16O4. The highest BCUT2D eigenvalue weighted by atomic mass is 16.5. The van der Waals surface area contributed by atoms with Crippen molar-refractivity contribution in [3.8, 4) is 11.5 Å². The fraction of sp³-hybridized carbons (Fsp3) is 0.417. The molecule has 0 aliphatic heterocycles. The van der Waals surface area contributed by atoms with E-state index in [9.17, 15) is 4.79 Å². The summed E-state index contributed by atoms with van der Waals surface area (Å²) in [7, 11) is 3.17. The third-order valence-corrected chi connectivity index (χ3v) is 2.11. The lowest BCUT2D eigenvalue weighted by Gasteiger charge is -2.10. The number of Topliss-reactive ketones (excluding diaryl/α,β-unsaturated/α-hetero) is 1. The first-order valence-corrected chi connectivity index (χ1v) is 4.99. The summed E-state index contributed by atoms with van der Waals surface area (Å²) in [6.45, 7) is 2.39. The average molecular weight is 224 g/mol. The van der Waals surface area contributed by atoms with Gasteiger partial charge in [0.05, 0.1) is 19.3 Å². The van der Waals surface area contributed by atoms with Crippen molar-refractivity contribution < 1.29 is 19.0 Å². The Morgan fingerprint density at radius 1 is 1.25 bits per heavy atom. The van der Waals surface area contributed by atoms with Gasteiger partial charge in [0.15, 0.2) is 5.78 Å². The van der Waals surface area contributed by atoms with Crippen LogP contribution in [0.2, 0.25) is 0 Å². The predicted molar refractivity (Wildman–Crippen MR) is 60.4 cm³/mol. The van der Waals surface area contributed by atoms with Crippen molar-refractivity contribution in [1.82, 2.24) is 0 Å². The maximum absolute atomic E-state index is 11.3. The molecule has 0 fully saturated rings. The van der Waals surface area contributed by atoms with Gasteiger partial charge in [-0.3, -0.25) is 4.79 Å².